The van der Waals surface area contributed by atoms with Gasteiger partial charge in [0.05, 0.1) is 0 Å². The summed E-state index contributed by atoms with van der Waals surface area (Å²) in [5.74, 6) is -1.31. The second-order valence-electron chi connectivity index (χ2n) is 14.1. The number of benzene rings is 4. The first kappa shape index (κ1) is 36.2. The number of unbranched alkanes of at least 4 members (excludes halogenated alkanes) is 1. The van der Waals surface area contributed by atoms with Crippen molar-refractivity contribution in [3.8, 4) is 22.3 Å². The fourth-order valence-corrected chi connectivity index (χ4v) is 7.02. The average Bonchev–Trinajstić information content (AvgIpc) is 3.63. The number of ether oxygens (including phenoxy) is 3. The molecule has 0 saturated carbocycles. The topological polar surface area (TPSA) is 132 Å². The molecule has 3 amide bonds. The number of alkyl carbamates (subject to hydrolysis) is 2. The minimum Gasteiger partial charge on any atom is -0.459 e. The summed E-state index contributed by atoms with van der Waals surface area (Å²) in [6.45, 7) is 5.50. The van der Waals surface area contributed by atoms with Crippen LogP contribution in [-0.4, -0.2) is 62.0 Å². The van der Waals surface area contributed by atoms with E-state index in [9.17, 15) is 19.2 Å². The Morgan fingerprint density at radius 1 is 0.615 bits per heavy atom. The van der Waals surface area contributed by atoms with Crippen molar-refractivity contribution in [1.82, 2.24) is 16.0 Å². The van der Waals surface area contributed by atoms with Crippen LogP contribution in [0.2, 0.25) is 0 Å². The van der Waals surface area contributed by atoms with Gasteiger partial charge in [-0.2, -0.15) is 0 Å². The van der Waals surface area contributed by atoms with Crippen molar-refractivity contribution >= 4 is 24.1 Å². The predicted molar refractivity (Wildman–Crippen MR) is 198 cm³/mol. The maximum absolute atomic E-state index is 13.2. The van der Waals surface area contributed by atoms with Crippen LogP contribution < -0.4 is 16.0 Å². The minimum absolute atomic E-state index is 0.0397. The fourth-order valence-electron chi connectivity index (χ4n) is 7.02. The standard InChI is InChI=1S/C42H45N3O7/c1-42(2,3)52-38(46)24-44-39(47)37(45-41(49)51-26-36-33-20-10-6-16-29(33)30-17-7-11-21-34(30)36)22-12-13-23-43-40(48)50-25-35-31-18-8-4-14-27(31)28-15-5-9-19-32(28)35/h4-11,14-21,35-37H,12-13,22-26H2,1-3H3,(H,43,48)(H,44,47)(H,45,49). The molecule has 270 valence electrons. The van der Waals surface area contributed by atoms with Crippen LogP contribution in [0.15, 0.2) is 97.1 Å². The molecule has 0 aromatic heterocycles. The molecule has 0 spiro atoms. The Kier molecular flexibility index (Phi) is 11.2. The third-order valence-corrected chi connectivity index (χ3v) is 9.31. The van der Waals surface area contributed by atoms with Crippen LogP contribution >= 0.6 is 0 Å². The van der Waals surface area contributed by atoms with Gasteiger partial charge in [-0.1, -0.05) is 97.1 Å². The van der Waals surface area contributed by atoms with Crippen LogP contribution in [0.25, 0.3) is 22.3 Å². The minimum atomic E-state index is -0.979. The van der Waals surface area contributed by atoms with Gasteiger partial charge in [0.1, 0.15) is 31.4 Å². The van der Waals surface area contributed by atoms with Gasteiger partial charge < -0.3 is 30.2 Å². The molecule has 0 bridgehead atoms. The molecular formula is C42H45N3O7. The lowest BCUT2D eigenvalue weighted by Crippen LogP contribution is -2.48. The normalized spacial score (nSPS) is 13.5. The first-order valence-electron chi connectivity index (χ1n) is 17.8. The van der Waals surface area contributed by atoms with E-state index in [2.05, 4.69) is 52.3 Å². The highest BCUT2D eigenvalue weighted by Crippen LogP contribution is 2.45. The Labute approximate surface area is 304 Å². The molecule has 1 unspecified atom stereocenters. The summed E-state index contributed by atoms with van der Waals surface area (Å²) in [7, 11) is 0. The van der Waals surface area contributed by atoms with E-state index in [-0.39, 0.29) is 38.0 Å². The van der Waals surface area contributed by atoms with Crippen LogP contribution in [-0.2, 0) is 23.8 Å². The number of fused-ring (bicyclic) bond motifs is 6. The number of rotatable bonds is 13. The monoisotopic (exact) mass is 703 g/mol. The average molecular weight is 704 g/mol. The van der Waals surface area contributed by atoms with Crippen LogP contribution in [0.1, 0.15) is 74.1 Å². The molecular weight excluding hydrogens is 658 g/mol. The van der Waals surface area contributed by atoms with E-state index in [1.807, 2.05) is 60.7 Å². The van der Waals surface area contributed by atoms with E-state index in [0.717, 1.165) is 44.5 Å². The highest BCUT2D eigenvalue weighted by Gasteiger charge is 2.31. The van der Waals surface area contributed by atoms with Crippen molar-refractivity contribution in [3.05, 3.63) is 119 Å². The molecule has 3 N–H and O–H groups in total. The lowest BCUT2D eigenvalue weighted by Gasteiger charge is -2.21. The lowest BCUT2D eigenvalue weighted by atomic mass is 9.98. The number of amides is 3. The first-order chi connectivity index (χ1) is 25.1. The molecule has 1 atom stereocenters. The van der Waals surface area contributed by atoms with E-state index in [0.29, 0.717) is 19.4 Å². The maximum atomic E-state index is 13.2. The molecule has 10 nitrogen and oxygen atoms in total. The fraction of sp³-hybridized carbons (Fsp3) is 0.333. The summed E-state index contributed by atoms with van der Waals surface area (Å²) in [6, 6.07) is 31.4. The molecule has 2 aliphatic carbocycles. The number of carbonyl (C=O) groups excluding carboxylic acids is 4. The molecule has 6 rings (SSSR count). The third-order valence-electron chi connectivity index (χ3n) is 9.31. The van der Waals surface area contributed by atoms with Gasteiger partial charge >= 0.3 is 18.2 Å². The van der Waals surface area contributed by atoms with Gasteiger partial charge in [0.25, 0.3) is 0 Å². The molecule has 4 aromatic carbocycles. The Hall–Kier alpha value is -5.64. The Bertz CT molecular complexity index is 1840. The van der Waals surface area contributed by atoms with Crippen LogP contribution in [0.5, 0.6) is 0 Å². The van der Waals surface area contributed by atoms with Gasteiger partial charge in [-0.15, -0.1) is 0 Å². The van der Waals surface area contributed by atoms with Gasteiger partial charge in [-0.3, -0.25) is 9.59 Å². The molecule has 0 aliphatic heterocycles. The summed E-state index contributed by atoms with van der Waals surface area (Å²) >= 11 is 0. The number of nitrogens with one attached hydrogen (secondary N) is 3. The van der Waals surface area contributed by atoms with Crippen molar-refractivity contribution in [3.63, 3.8) is 0 Å². The smallest absolute Gasteiger partial charge is 0.407 e. The summed E-state index contributed by atoms with van der Waals surface area (Å²) < 4.78 is 16.6. The lowest BCUT2D eigenvalue weighted by molar-refractivity contribution is -0.154. The molecule has 10 heteroatoms. The second-order valence-corrected chi connectivity index (χ2v) is 14.1. The van der Waals surface area contributed by atoms with E-state index in [4.69, 9.17) is 14.2 Å². The van der Waals surface area contributed by atoms with E-state index in [1.54, 1.807) is 20.8 Å². The highest BCUT2D eigenvalue weighted by atomic mass is 16.6. The highest BCUT2D eigenvalue weighted by molar-refractivity contribution is 5.88. The van der Waals surface area contributed by atoms with Crippen molar-refractivity contribution in [2.75, 3.05) is 26.3 Å². The molecule has 4 aromatic rings. The van der Waals surface area contributed by atoms with Crippen molar-refractivity contribution in [2.45, 2.75) is 63.5 Å². The maximum Gasteiger partial charge on any atom is 0.407 e. The summed E-state index contributed by atoms with van der Waals surface area (Å²) in [4.78, 5) is 51.2. The van der Waals surface area contributed by atoms with Gasteiger partial charge in [0.2, 0.25) is 5.91 Å². The Morgan fingerprint density at radius 2 is 1.06 bits per heavy atom. The van der Waals surface area contributed by atoms with Gasteiger partial charge in [0.15, 0.2) is 0 Å². The van der Waals surface area contributed by atoms with Gasteiger partial charge in [-0.25, -0.2) is 9.59 Å². The second kappa shape index (κ2) is 16.1. The van der Waals surface area contributed by atoms with Crippen LogP contribution in [0, 0.1) is 0 Å². The molecule has 52 heavy (non-hydrogen) atoms. The van der Waals surface area contributed by atoms with Crippen molar-refractivity contribution in [1.29, 1.82) is 0 Å². The Balaban J connectivity index is 0.995. The number of hydrogen-bond donors (Lipinski definition) is 3. The molecule has 0 heterocycles. The van der Waals surface area contributed by atoms with Crippen molar-refractivity contribution in [2.24, 2.45) is 0 Å². The molecule has 0 radical (unpaired) electrons. The summed E-state index contributed by atoms with van der Waals surface area (Å²) in [5, 5.41) is 8.06. The van der Waals surface area contributed by atoms with E-state index < -0.39 is 35.7 Å². The SMILES string of the molecule is CC(C)(C)OC(=O)CNC(=O)C(CCCCNC(=O)OCC1c2ccccc2-c2ccccc21)NC(=O)OCC1c2ccccc2-c2ccccc21. The van der Waals surface area contributed by atoms with Gasteiger partial charge in [-0.05, 0) is 84.5 Å². The molecule has 0 fully saturated rings. The largest absolute Gasteiger partial charge is 0.459 e. The number of hydrogen-bond acceptors (Lipinski definition) is 7. The van der Waals surface area contributed by atoms with Crippen LogP contribution in [0.4, 0.5) is 9.59 Å². The van der Waals surface area contributed by atoms with Crippen LogP contribution in [0.3, 0.4) is 0 Å². The quantitative estimate of drug-likeness (QED) is 0.0772. The zero-order valence-corrected chi connectivity index (χ0v) is 29.8. The van der Waals surface area contributed by atoms with Crippen molar-refractivity contribution < 1.29 is 33.4 Å². The zero-order chi connectivity index (χ0) is 36.7. The third kappa shape index (κ3) is 8.62. The summed E-state index contributed by atoms with van der Waals surface area (Å²) in [6.07, 6.45) is -0.0117. The van der Waals surface area contributed by atoms with Gasteiger partial charge in [0, 0.05) is 18.4 Å². The van der Waals surface area contributed by atoms with E-state index >= 15 is 0 Å². The number of carbonyl (C=O) groups is 4. The summed E-state index contributed by atoms with van der Waals surface area (Å²) in [5.41, 5.74) is 8.25. The first-order valence-corrected chi connectivity index (χ1v) is 17.8. The predicted octanol–water partition coefficient (Wildman–Crippen LogP) is 7.06. The van der Waals surface area contributed by atoms with E-state index in [1.165, 1.54) is 0 Å². The molecule has 2 aliphatic rings. The Morgan fingerprint density at radius 3 is 1.52 bits per heavy atom. The number of esters is 1. The molecule has 0 saturated heterocycles. The zero-order valence-electron chi connectivity index (χ0n) is 29.8.